The second-order valence-electron chi connectivity index (χ2n) is 4.85. The summed E-state index contributed by atoms with van der Waals surface area (Å²) in [5.41, 5.74) is 1.02. The summed E-state index contributed by atoms with van der Waals surface area (Å²) < 4.78 is 26.2. The third-order valence-corrected chi connectivity index (χ3v) is 5.75. The first-order valence-corrected chi connectivity index (χ1v) is 9.50. The van der Waals surface area contributed by atoms with Crippen LogP contribution in [0.5, 0.6) is 0 Å². The van der Waals surface area contributed by atoms with E-state index in [9.17, 15) is 8.42 Å². The van der Waals surface area contributed by atoms with Crippen LogP contribution in [0.2, 0.25) is 0 Å². The average molecular weight is 362 g/mol. The lowest BCUT2D eigenvalue weighted by Crippen LogP contribution is -2.49. The summed E-state index contributed by atoms with van der Waals surface area (Å²) in [6.45, 7) is 3.82. The lowest BCUT2D eigenvalue weighted by Gasteiger charge is -2.33. The molecule has 0 spiro atoms. The lowest BCUT2D eigenvalue weighted by atomic mass is 10.2. The minimum Gasteiger partial charge on any atom is -0.300 e. The topological polar surface area (TPSA) is 53.5 Å². The second-order valence-corrected chi connectivity index (χ2v) is 7.73. The normalized spacial score (nSPS) is 18.2. The van der Waals surface area contributed by atoms with Gasteiger partial charge in [0.1, 0.15) is 0 Å². The van der Waals surface area contributed by atoms with E-state index in [2.05, 4.69) is 25.8 Å². The average Bonchev–Trinajstić information content (AvgIpc) is 2.47. The second kappa shape index (κ2) is 7.49. The Morgan fingerprint density at radius 1 is 1.15 bits per heavy atom. The Balaban J connectivity index is 1.85. The molecule has 0 radical (unpaired) electrons. The molecule has 2 heterocycles. The van der Waals surface area contributed by atoms with Crippen molar-refractivity contribution in [3.63, 3.8) is 0 Å². The first kappa shape index (κ1) is 15.9. The number of alkyl halides is 1. The number of aryl methyl sites for hydroxylation is 1. The molecule has 0 bridgehead atoms. The summed E-state index contributed by atoms with van der Waals surface area (Å²) in [5, 5.41) is 0.932. The zero-order valence-electron chi connectivity index (χ0n) is 11.4. The van der Waals surface area contributed by atoms with Crippen molar-refractivity contribution in [2.24, 2.45) is 0 Å². The third-order valence-electron chi connectivity index (χ3n) is 3.52. The minimum atomic E-state index is -3.15. The summed E-state index contributed by atoms with van der Waals surface area (Å²) in [6, 6.07) is 3.73. The van der Waals surface area contributed by atoms with Gasteiger partial charge in [-0.25, -0.2) is 8.42 Å². The lowest BCUT2D eigenvalue weighted by molar-refractivity contribution is 0.198. The molecule has 0 amide bonds. The molecule has 1 saturated heterocycles. The van der Waals surface area contributed by atoms with E-state index in [-0.39, 0.29) is 5.75 Å². The van der Waals surface area contributed by atoms with Crippen LogP contribution in [0.4, 0.5) is 0 Å². The van der Waals surface area contributed by atoms with Crippen molar-refractivity contribution < 1.29 is 8.42 Å². The number of hydrogen-bond donors (Lipinski definition) is 0. The van der Waals surface area contributed by atoms with Crippen molar-refractivity contribution in [2.45, 2.75) is 6.42 Å². The Morgan fingerprint density at radius 2 is 1.80 bits per heavy atom. The quantitative estimate of drug-likeness (QED) is 0.708. The van der Waals surface area contributed by atoms with Crippen molar-refractivity contribution in [1.29, 1.82) is 0 Å². The maximum Gasteiger partial charge on any atom is 0.214 e. The zero-order chi connectivity index (χ0) is 14.4. The molecule has 1 aromatic heterocycles. The van der Waals surface area contributed by atoms with Gasteiger partial charge in [-0.15, -0.1) is 0 Å². The molecule has 0 atom stereocenters. The number of halogens is 1. The Bertz CT molecular complexity index is 502. The van der Waals surface area contributed by atoms with E-state index in [0.717, 1.165) is 30.5 Å². The van der Waals surface area contributed by atoms with Gasteiger partial charge >= 0.3 is 0 Å². The molecule has 2 rings (SSSR count). The highest BCUT2D eigenvalue weighted by Gasteiger charge is 2.26. The Labute approximate surface area is 129 Å². The van der Waals surface area contributed by atoms with Gasteiger partial charge in [-0.3, -0.25) is 9.88 Å². The van der Waals surface area contributed by atoms with Crippen molar-refractivity contribution in [1.82, 2.24) is 14.2 Å². The fraction of sp³-hybridized carbons (Fsp3) is 0.615. The number of piperazine rings is 1. The maximum absolute atomic E-state index is 12.3. The molecule has 7 heteroatoms. The van der Waals surface area contributed by atoms with Gasteiger partial charge in [0.2, 0.25) is 10.0 Å². The number of pyridine rings is 1. The first-order chi connectivity index (χ1) is 9.62. The van der Waals surface area contributed by atoms with Crippen LogP contribution in [0.3, 0.4) is 0 Å². The molecule has 1 fully saturated rings. The Morgan fingerprint density at radius 3 is 2.40 bits per heavy atom. The van der Waals surface area contributed by atoms with Gasteiger partial charge in [-0.2, -0.15) is 4.31 Å². The molecule has 20 heavy (non-hydrogen) atoms. The highest BCUT2D eigenvalue weighted by atomic mass is 79.9. The molecule has 0 N–H and O–H groups in total. The van der Waals surface area contributed by atoms with E-state index in [1.54, 1.807) is 16.7 Å². The van der Waals surface area contributed by atoms with Crippen LogP contribution in [-0.4, -0.2) is 66.4 Å². The van der Waals surface area contributed by atoms with Gasteiger partial charge in [-0.05, 0) is 24.1 Å². The Kier molecular flexibility index (Phi) is 5.95. The van der Waals surface area contributed by atoms with Crippen LogP contribution in [0, 0.1) is 0 Å². The van der Waals surface area contributed by atoms with E-state index in [1.165, 1.54) is 0 Å². The summed E-state index contributed by atoms with van der Waals surface area (Å²) >= 11 is 3.41. The fourth-order valence-corrected chi connectivity index (χ4v) is 4.25. The molecule has 5 nitrogen and oxygen atoms in total. The van der Waals surface area contributed by atoms with Gasteiger partial charge in [0.25, 0.3) is 0 Å². The SMILES string of the molecule is O=S(=O)(CCc1ccncc1)N1CCN(CCBr)CC1. The summed E-state index contributed by atoms with van der Waals surface area (Å²) in [6.07, 6.45) is 3.94. The molecule has 1 aliphatic rings. The van der Waals surface area contributed by atoms with Crippen LogP contribution in [0.1, 0.15) is 5.56 Å². The third kappa shape index (κ3) is 4.51. The van der Waals surface area contributed by atoms with Crippen molar-refractivity contribution in [2.75, 3.05) is 43.8 Å². The smallest absolute Gasteiger partial charge is 0.214 e. The predicted octanol–water partition coefficient (Wildman–Crippen LogP) is 0.966. The van der Waals surface area contributed by atoms with Gasteiger partial charge in [0, 0.05) is 50.4 Å². The predicted molar refractivity (Wildman–Crippen MR) is 83.5 cm³/mol. The van der Waals surface area contributed by atoms with Crippen LogP contribution in [0.25, 0.3) is 0 Å². The molecular weight excluding hydrogens is 342 g/mol. The molecule has 1 aliphatic heterocycles. The molecule has 0 aromatic carbocycles. The van der Waals surface area contributed by atoms with Crippen LogP contribution >= 0.6 is 15.9 Å². The van der Waals surface area contributed by atoms with Crippen molar-refractivity contribution >= 4 is 26.0 Å². The monoisotopic (exact) mass is 361 g/mol. The van der Waals surface area contributed by atoms with E-state index in [0.29, 0.717) is 19.5 Å². The zero-order valence-corrected chi connectivity index (χ0v) is 13.8. The fourth-order valence-electron chi connectivity index (χ4n) is 2.28. The van der Waals surface area contributed by atoms with Gasteiger partial charge < -0.3 is 0 Å². The van der Waals surface area contributed by atoms with Crippen LogP contribution in [-0.2, 0) is 16.4 Å². The number of hydrogen-bond acceptors (Lipinski definition) is 4. The Hall–Kier alpha value is -0.500. The molecule has 112 valence electrons. The van der Waals surface area contributed by atoms with E-state index in [4.69, 9.17) is 0 Å². The largest absolute Gasteiger partial charge is 0.300 e. The molecule has 0 unspecified atom stereocenters. The first-order valence-electron chi connectivity index (χ1n) is 6.77. The maximum atomic E-state index is 12.3. The van der Waals surface area contributed by atoms with E-state index in [1.807, 2.05) is 12.1 Å². The minimum absolute atomic E-state index is 0.176. The van der Waals surface area contributed by atoms with Crippen molar-refractivity contribution in [3.05, 3.63) is 30.1 Å². The summed E-state index contributed by atoms with van der Waals surface area (Å²) in [4.78, 5) is 6.22. The highest BCUT2D eigenvalue weighted by molar-refractivity contribution is 9.09. The van der Waals surface area contributed by atoms with Gasteiger partial charge in [-0.1, -0.05) is 15.9 Å². The highest BCUT2D eigenvalue weighted by Crippen LogP contribution is 2.10. The van der Waals surface area contributed by atoms with Gasteiger partial charge in [0.05, 0.1) is 5.75 Å². The van der Waals surface area contributed by atoms with E-state index < -0.39 is 10.0 Å². The summed E-state index contributed by atoms with van der Waals surface area (Å²) in [5.74, 6) is 0.176. The molecular formula is C13H20BrN3O2S. The number of rotatable bonds is 6. The number of aromatic nitrogens is 1. The molecule has 0 saturated carbocycles. The molecule has 0 aliphatic carbocycles. The summed E-state index contributed by atoms with van der Waals surface area (Å²) in [7, 11) is -3.15. The van der Waals surface area contributed by atoms with E-state index >= 15 is 0 Å². The van der Waals surface area contributed by atoms with Crippen molar-refractivity contribution in [3.8, 4) is 0 Å². The molecule has 1 aromatic rings. The standard InChI is InChI=1S/C13H20BrN3O2S/c14-4-7-16-8-10-17(11-9-16)20(18,19)12-3-13-1-5-15-6-2-13/h1-2,5-6H,3-4,7-12H2. The number of sulfonamides is 1. The number of nitrogens with zero attached hydrogens (tertiary/aromatic N) is 3. The van der Waals surface area contributed by atoms with Crippen LogP contribution < -0.4 is 0 Å². The van der Waals surface area contributed by atoms with Crippen LogP contribution in [0.15, 0.2) is 24.5 Å². The van der Waals surface area contributed by atoms with Gasteiger partial charge in [0.15, 0.2) is 0 Å².